The lowest BCUT2D eigenvalue weighted by atomic mass is 9.97. The Balaban J connectivity index is 2.84. The van der Waals surface area contributed by atoms with Gasteiger partial charge in [0.25, 0.3) is 0 Å². The van der Waals surface area contributed by atoms with Gasteiger partial charge >= 0.3 is 5.97 Å². The van der Waals surface area contributed by atoms with Crippen LogP contribution in [0, 0.1) is 5.82 Å². The van der Waals surface area contributed by atoms with Gasteiger partial charge in [-0.25, -0.2) is 12.8 Å². The second-order valence-corrected chi connectivity index (χ2v) is 6.44. The first kappa shape index (κ1) is 14.6. The number of rotatable bonds is 6. The van der Waals surface area contributed by atoms with E-state index in [1.54, 1.807) is 0 Å². The molecule has 0 aliphatic carbocycles. The van der Waals surface area contributed by atoms with Crippen LogP contribution in [0.3, 0.4) is 0 Å². The fourth-order valence-electron chi connectivity index (χ4n) is 1.57. The lowest BCUT2D eigenvalue weighted by molar-refractivity contribution is -0.138. The van der Waals surface area contributed by atoms with Crippen LogP contribution in [-0.4, -0.2) is 31.0 Å². The van der Waals surface area contributed by atoms with E-state index in [2.05, 4.69) is 0 Å². The number of carbonyl (C=O) groups is 1. The third-order valence-corrected chi connectivity index (χ3v) is 4.47. The molecule has 0 aliphatic heterocycles. The highest BCUT2D eigenvalue weighted by atomic mass is 32.2. The molecule has 1 aromatic carbocycles. The van der Waals surface area contributed by atoms with Crippen molar-refractivity contribution in [1.82, 2.24) is 0 Å². The molecule has 1 N–H and O–H groups in total. The van der Waals surface area contributed by atoms with Crippen molar-refractivity contribution in [2.24, 2.45) is 0 Å². The molecule has 1 unspecified atom stereocenters. The molecule has 0 amide bonds. The molecule has 0 aromatic heterocycles. The number of halogens is 1. The summed E-state index contributed by atoms with van der Waals surface area (Å²) < 4.78 is 35.5. The molecule has 18 heavy (non-hydrogen) atoms. The monoisotopic (exact) mass is 274 g/mol. The molecule has 100 valence electrons. The largest absolute Gasteiger partial charge is 0.481 e. The molecular weight excluding hydrogens is 259 g/mol. The summed E-state index contributed by atoms with van der Waals surface area (Å²) >= 11 is 0. The van der Waals surface area contributed by atoms with Crippen LogP contribution < -0.4 is 0 Å². The van der Waals surface area contributed by atoms with Crippen molar-refractivity contribution in [2.45, 2.75) is 19.3 Å². The number of sulfone groups is 1. The normalized spacial score (nSPS) is 13.2. The van der Waals surface area contributed by atoms with Crippen LogP contribution in [0.15, 0.2) is 24.3 Å². The van der Waals surface area contributed by atoms with Crippen LogP contribution in [0.2, 0.25) is 0 Å². The maximum atomic E-state index is 12.7. The van der Waals surface area contributed by atoms with Gasteiger partial charge in [0.1, 0.15) is 15.7 Å². The van der Waals surface area contributed by atoms with Gasteiger partial charge in [0.15, 0.2) is 0 Å². The summed E-state index contributed by atoms with van der Waals surface area (Å²) in [6.45, 7) is 1.52. The van der Waals surface area contributed by atoms with Gasteiger partial charge in [0.05, 0.1) is 11.7 Å². The quantitative estimate of drug-likeness (QED) is 0.859. The lowest BCUT2D eigenvalue weighted by Gasteiger charge is -2.12. The zero-order valence-electron chi connectivity index (χ0n) is 9.97. The van der Waals surface area contributed by atoms with E-state index in [1.165, 1.54) is 31.2 Å². The molecular formula is C12H15FO4S. The van der Waals surface area contributed by atoms with Gasteiger partial charge in [-0.3, -0.25) is 4.79 Å². The lowest BCUT2D eigenvalue weighted by Crippen LogP contribution is -2.18. The second-order valence-electron chi connectivity index (χ2n) is 3.97. The summed E-state index contributed by atoms with van der Waals surface area (Å²) in [7, 11) is -3.20. The van der Waals surface area contributed by atoms with Gasteiger partial charge in [-0.1, -0.05) is 19.1 Å². The van der Waals surface area contributed by atoms with Gasteiger partial charge in [-0.15, -0.1) is 0 Å². The Hall–Kier alpha value is -1.43. The maximum Gasteiger partial charge on any atom is 0.311 e. The zero-order valence-corrected chi connectivity index (χ0v) is 10.8. The Kier molecular flexibility index (Phi) is 4.84. The number of carboxylic acid groups (broad SMARTS) is 1. The minimum Gasteiger partial charge on any atom is -0.481 e. The first-order valence-electron chi connectivity index (χ1n) is 5.54. The molecule has 1 rings (SSSR count). The summed E-state index contributed by atoms with van der Waals surface area (Å²) in [5.74, 6) is -2.68. The number of hydrogen-bond donors (Lipinski definition) is 1. The highest BCUT2D eigenvalue weighted by molar-refractivity contribution is 7.91. The van der Waals surface area contributed by atoms with Crippen molar-refractivity contribution in [3.63, 3.8) is 0 Å². The SMILES string of the molecule is CCS(=O)(=O)CCC(C(=O)O)c1ccc(F)cc1. The molecule has 0 heterocycles. The summed E-state index contributed by atoms with van der Waals surface area (Å²) in [4.78, 5) is 11.1. The molecule has 6 heteroatoms. The van der Waals surface area contributed by atoms with Gasteiger partial charge in [0, 0.05) is 5.75 Å². The second kappa shape index (κ2) is 5.95. The Labute approximate surface area is 105 Å². The van der Waals surface area contributed by atoms with E-state index in [0.29, 0.717) is 5.56 Å². The van der Waals surface area contributed by atoms with Crippen LogP contribution in [0.1, 0.15) is 24.8 Å². The van der Waals surface area contributed by atoms with Crippen molar-refractivity contribution in [2.75, 3.05) is 11.5 Å². The molecule has 4 nitrogen and oxygen atoms in total. The summed E-state index contributed by atoms with van der Waals surface area (Å²) in [6, 6.07) is 5.07. The van der Waals surface area contributed by atoms with E-state index in [-0.39, 0.29) is 17.9 Å². The highest BCUT2D eigenvalue weighted by Gasteiger charge is 2.22. The molecule has 0 fully saturated rings. The van der Waals surface area contributed by atoms with E-state index in [9.17, 15) is 17.6 Å². The Morgan fingerprint density at radius 1 is 1.33 bits per heavy atom. The topological polar surface area (TPSA) is 71.4 Å². The van der Waals surface area contributed by atoms with E-state index in [1.807, 2.05) is 0 Å². The summed E-state index contributed by atoms with van der Waals surface area (Å²) in [5, 5.41) is 9.08. The Bertz CT molecular complexity index is 507. The molecule has 0 aliphatic rings. The van der Waals surface area contributed by atoms with Gasteiger partial charge in [0.2, 0.25) is 0 Å². The molecule has 0 radical (unpaired) electrons. The third kappa shape index (κ3) is 4.10. The first-order chi connectivity index (χ1) is 8.35. The van der Waals surface area contributed by atoms with Crippen molar-refractivity contribution in [1.29, 1.82) is 0 Å². The minimum atomic E-state index is -3.20. The van der Waals surface area contributed by atoms with E-state index in [4.69, 9.17) is 5.11 Å². The van der Waals surface area contributed by atoms with Gasteiger partial charge in [-0.05, 0) is 24.1 Å². The molecule has 0 saturated heterocycles. The summed E-state index contributed by atoms with van der Waals surface area (Å²) in [6.07, 6.45) is -0.00284. The van der Waals surface area contributed by atoms with Crippen LogP contribution in [0.5, 0.6) is 0 Å². The average Bonchev–Trinajstić information content (AvgIpc) is 2.31. The highest BCUT2D eigenvalue weighted by Crippen LogP contribution is 2.21. The van der Waals surface area contributed by atoms with Crippen molar-refractivity contribution in [3.8, 4) is 0 Å². The van der Waals surface area contributed by atoms with E-state index >= 15 is 0 Å². The van der Waals surface area contributed by atoms with Crippen molar-refractivity contribution in [3.05, 3.63) is 35.6 Å². The third-order valence-electron chi connectivity index (χ3n) is 2.73. The maximum absolute atomic E-state index is 12.7. The van der Waals surface area contributed by atoms with Crippen LogP contribution in [-0.2, 0) is 14.6 Å². The molecule has 1 aromatic rings. The number of hydrogen-bond acceptors (Lipinski definition) is 3. The zero-order chi connectivity index (χ0) is 13.8. The first-order valence-corrected chi connectivity index (χ1v) is 7.36. The number of carboxylic acids is 1. The van der Waals surface area contributed by atoms with Crippen LogP contribution in [0.25, 0.3) is 0 Å². The Morgan fingerprint density at radius 3 is 2.33 bits per heavy atom. The van der Waals surface area contributed by atoms with Gasteiger partial charge in [-0.2, -0.15) is 0 Å². The minimum absolute atomic E-state index is 0.00284. The molecule has 0 bridgehead atoms. The molecule has 0 spiro atoms. The van der Waals surface area contributed by atoms with Crippen molar-refractivity contribution >= 4 is 15.8 Å². The van der Waals surface area contributed by atoms with Crippen LogP contribution >= 0.6 is 0 Å². The smallest absolute Gasteiger partial charge is 0.311 e. The van der Waals surface area contributed by atoms with Crippen molar-refractivity contribution < 1.29 is 22.7 Å². The van der Waals surface area contributed by atoms with Gasteiger partial charge < -0.3 is 5.11 Å². The molecule has 0 saturated carbocycles. The fourth-order valence-corrected chi connectivity index (χ4v) is 2.45. The Morgan fingerprint density at radius 2 is 1.89 bits per heavy atom. The predicted octanol–water partition coefficient (Wildman–Crippen LogP) is 1.82. The average molecular weight is 274 g/mol. The van der Waals surface area contributed by atoms with Crippen LogP contribution in [0.4, 0.5) is 4.39 Å². The standard InChI is InChI=1S/C12H15FO4S/c1-2-18(16,17)8-7-11(12(14)15)9-3-5-10(13)6-4-9/h3-6,11H,2,7-8H2,1H3,(H,14,15). The van der Waals surface area contributed by atoms with E-state index in [0.717, 1.165) is 0 Å². The van der Waals surface area contributed by atoms with E-state index < -0.39 is 27.5 Å². The summed E-state index contributed by atoms with van der Waals surface area (Å²) in [5.41, 5.74) is 0.412. The number of benzene rings is 1. The predicted molar refractivity (Wildman–Crippen MR) is 65.7 cm³/mol. The number of aliphatic carboxylic acids is 1. The molecule has 1 atom stereocenters. The fraction of sp³-hybridized carbons (Fsp3) is 0.417.